The van der Waals surface area contributed by atoms with E-state index >= 15 is 0 Å². The molecule has 2 heterocycles. The van der Waals surface area contributed by atoms with Gasteiger partial charge in [-0.1, -0.05) is 34.6 Å². The maximum absolute atomic E-state index is 12.6. The van der Waals surface area contributed by atoms with E-state index in [1.165, 1.54) is 38.5 Å². The van der Waals surface area contributed by atoms with E-state index in [9.17, 15) is 15.3 Å². The lowest BCUT2D eigenvalue weighted by Crippen LogP contribution is -2.60. The summed E-state index contributed by atoms with van der Waals surface area (Å²) in [5.41, 5.74) is -0.706. The maximum atomic E-state index is 12.6. The predicted molar refractivity (Wildman–Crippen MR) is 135 cm³/mol. The predicted octanol–water partition coefficient (Wildman–Crippen LogP) is 5.32. The Bertz CT molecular complexity index is 954. The van der Waals surface area contributed by atoms with Crippen molar-refractivity contribution in [2.75, 3.05) is 0 Å². The van der Waals surface area contributed by atoms with Gasteiger partial charge in [0.15, 0.2) is 0 Å². The Hall–Kier alpha value is -0.160. The molecule has 198 valence electrons. The van der Waals surface area contributed by atoms with Crippen LogP contribution in [0.15, 0.2) is 0 Å². The van der Waals surface area contributed by atoms with Crippen molar-refractivity contribution in [1.82, 2.24) is 0 Å². The van der Waals surface area contributed by atoms with Gasteiger partial charge in [0.05, 0.1) is 29.5 Å². The van der Waals surface area contributed by atoms with E-state index in [0.717, 1.165) is 19.3 Å². The van der Waals surface area contributed by atoms with Crippen molar-refractivity contribution in [3.8, 4) is 0 Å². The number of ether oxygens (including phenoxy) is 1. The second kappa shape index (κ2) is 6.35. The van der Waals surface area contributed by atoms with Gasteiger partial charge in [0.25, 0.3) is 0 Å². The topological polar surface area (TPSA) is 69.9 Å². The number of fused-ring (bicyclic) bond motifs is 4. The Morgan fingerprint density at radius 1 is 0.886 bits per heavy atom. The molecule has 13 atom stereocenters. The second-order valence-corrected chi connectivity index (χ2v) is 16.4. The van der Waals surface area contributed by atoms with Crippen LogP contribution in [0.1, 0.15) is 106 Å². The van der Waals surface area contributed by atoms with Gasteiger partial charge in [0.1, 0.15) is 0 Å². The van der Waals surface area contributed by atoms with Gasteiger partial charge in [-0.15, -0.1) is 0 Å². The minimum absolute atomic E-state index is 0.00836. The molecular weight excluding hydrogens is 436 g/mol. The fourth-order valence-electron chi connectivity index (χ4n) is 13.5. The molecule has 7 rings (SSSR count). The first-order chi connectivity index (χ1) is 16.1. The van der Waals surface area contributed by atoms with Crippen molar-refractivity contribution in [2.24, 2.45) is 56.7 Å². The molecule has 2 aliphatic heterocycles. The van der Waals surface area contributed by atoms with Crippen LogP contribution >= 0.6 is 0 Å². The first-order valence-corrected chi connectivity index (χ1v) is 14.9. The summed E-state index contributed by atoms with van der Waals surface area (Å²) in [5, 5.41) is 34.6. The summed E-state index contributed by atoms with van der Waals surface area (Å²) in [5.74, 6) is 2.08. The SMILES string of the molecule is C[C@@H]1CC2O[C@]3(C[C@@H]2C(C)(C)O)C1[C@@]1(C)CCC24C[C@@]25CC[C@H](O)C(C)(C)[C@@H]5CC[C@H]4[C@]1(C)[C@H]3O. The molecule has 4 heteroatoms. The minimum Gasteiger partial charge on any atom is -0.393 e. The molecule has 4 nitrogen and oxygen atoms in total. The first-order valence-electron chi connectivity index (χ1n) is 14.9. The lowest BCUT2D eigenvalue weighted by molar-refractivity contribution is -0.191. The third-order valence-electron chi connectivity index (χ3n) is 14.9. The van der Waals surface area contributed by atoms with Gasteiger partial charge in [-0.05, 0) is 117 Å². The normalized spacial score (nSPS) is 63.9. The van der Waals surface area contributed by atoms with E-state index in [2.05, 4.69) is 34.6 Å². The summed E-state index contributed by atoms with van der Waals surface area (Å²) in [6.45, 7) is 15.9. The summed E-state index contributed by atoms with van der Waals surface area (Å²) >= 11 is 0. The molecule has 3 N–H and O–H groups in total. The van der Waals surface area contributed by atoms with Crippen molar-refractivity contribution in [1.29, 1.82) is 0 Å². The summed E-state index contributed by atoms with van der Waals surface area (Å²) in [6.07, 6.45) is 9.49. The lowest BCUT2D eigenvalue weighted by atomic mass is 9.41. The van der Waals surface area contributed by atoms with Crippen LogP contribution in [0, 0.1) is 56.7 Å². The molecular formula is C31H50O4. The van der Waals surface area contributed by atoms with Crippen LogP contribution in [0.4, 0.5) is 0 Å². The summed E-state index contributed by atoms with van der Waals surface area (Å²) in [7, 11) is 0. The Kier molecular flexibility index (Phi) is 4.34. The van der Waals surface area contributed by atoms with Gasteiger partial charge in [-0.2, -0.15) is 0 Å². The summed E-state index contributed by atoms with van der Waals surface area (Å²) < 4.78 is 6.99. The molecule has 7 fully saturated rings. The van der Waals surface area contributed by atoms with Crippen LogP contribution in [0.2, 0.25) is 0 Å². The number of hydrogen-bond acceptors (Lipinski definition) is 4. The Morgan fingerprint density at radius 2 is 1.54 bits per heavy atom. The van der Waals surface area contributed by atoms with Gasteiger partial charge in [-0.3, -0.25) is 0 Å². The van der Waals surface area contributed by atoms with Gasteiger partial charge in [0.2, 0.25) is 0 Å². The molecule has 2 saturated heterocycles. The summed E-state index contributed by atoms with van der Waals surface area (Å²) in [4.78, 5) is 0. The Morgan fingerprint density at radius 3 is 2.23 bits per heavy atom. The number of hydrogen-bond donors (Lipinski definition) is 3. The second-order valence-electron chi connectivity index (χ2n) is 16.4. The molecule has 5 aliphatic carbocycles. The van der Waals surface area contributed by atoms with Crippen LogP contribution in [0.3, 0.4) is 0 Å². The fourth-order valence-corrected chi connectivity index (χ4v) is 13.5. The number of aliphatic hydroxyl groups is 3. The highest BCUT2D eigenvalue weighted by atomic mass is 16.5. The Labute approximate surface area is 212 Å². The Balaban J connectivity index is 1.33. The van der Waals surface area contributed by atoms with E-state index < -0.39 is 17.3 Å². The summed E-state index contributed by atoms with van der Waals surface area (Å²) in [6, 6.07) is 0. The zero-order valence-corrected chi connectivity index (χ0v) is 23.2. The largest absolute Gasteiger partial charge is 0.393 e. The standard InChI is InChI=1S/C31H50O4/c1-17-14-19-18(26(4,5)34)15-31(35-19)23(17)27(6)12-13-30-16-29(30)11-10-22(32)25(2,3)20(29)8-9-21(30)28(27,7)24(31)33/h17-24,32-34H,8-16H2,1-7H3/t17-,18+,19?,20+,21+,22+,23?,24-,27-,28-,29-,30?,31-/m1/s1. The molecule has 0 aromatic heterocycles. The number of rotatable bonds is 1. The van der Waals surface area contributed by atoms with E-state index in [0.29, 0.717) is 34.5 Å². The van der Waals surface area contributed by atoms with Crippen LogP contribution in [-0.4, -0.2) is 44.8 Å². The van der Waals surface area contributed by atoms with E-state index in [1.54, 1.807) is 0 Å². The van der Waals surface area contributed by atoms with Crippen molar-refractivity contribution in [3.05, 3.63) is 0 Å². The van der Waals surface area contributed by atoms with E-state index in [4.69, 9.17) is 4.74 Å². The molecule has 0 radical (unpaired) electrons. The minimum atomic E-state index is -0.785. The average Bonchev–Trinajstić information content (AvgIpc) is 3.28. The van der Waals surface area contributed by atoms with E-state index in [-0.39, 0.29) is 34.4 Å². The zero-order chi connectivity index (χ0) is 25.2. The highest BCUT2D eigenvalue weighted by molar-refractivity contribution is 5.35. The molecule has 0 aromatic carbocycles. The number of aliphatic hydroxyl groups excluding tert-OH is 2. The highest BCUT2D eigenvalue weighted by Gasteiger charge is 2.87. The van der Waals surface area contributed by atoms with Crippen LogP contribution in [-0.2, 0) is 4.74 Å². The third kappa shape index (κ3) is 2.31. The molecule has 0 aromatic rings. The van der Waals surface area contributed by atoms with E-state index in [1.807, 2.05) is 13.8 Å². The average molecular weight is 487 g/mol. The monoisotopic (exact) mass is 486 g/mol. The molecule has 3 spiro atoms. The van der Waals surface area contributed by atoms with Gasteiger partial charge in [-0.25, -0.2) is 0 Å². The third-order valence-corrected chi connectivity index (χ3v) is 14.9. The van der Waals surface area contributed by atoms with Crippen LogP contribution < -0.4 is 0 Å². The molecule has 7 aliphatic rings. The van der Waals surface area contributed by atoms with Gasteiger partial charge in [0, 0.05) is 11.3 Å². The maximum Gasteiger partial charge on any atom is 0.0990 e. The fraction of sp³-hybridized carbons (Fsp3) is 1.00. The molecule has 0 amide bonds. The van der Waals surface area contributed by atoms with Crippen LogP contribution in [0.25, 0.3) is 0 Å². The molecule has 3 unspecified atom stereocenters. The van der Waals surface area contributed by atoms with Crippen LogP contribution in [0.5, 0.6) is 0 Å². The van der Waals surface area contributed by atoms with Gasteiger partial charge >= 0.3 is 0 Å². The first kappa shape index (κ1) is 23.9. The quantitative estimate of drug-likeness (QED) is 0.469. The molecule has 35 heavy (non-hydrogen) atoms. The van der Waals surface area contributed by atoms with Crippen molar-refractivity contribution in [2.45, 2.75) is 136 Å². The lowest BCUT2D eigenvalue weighted by Gasteiger charge is -2.63. The van der Waals surface area contributed by atoms with Crippen molar-refractivity contribution >= 4 is 0 Å². The molecule has 2 bridgehead atoms. The van der Waals surface area contributed by atoms with Gasteiger partial charge < -0.3 is 20.1 Å². The zero-order valence-electron chi connectivity index (χ0n) is 23.2. The highest BCUT2D eigenvalue weighted by Crippen LogP contribution is 2.90. The smallest absolute Gasteiger partial charge is 0.0990 e. The van der Waals surface area contributed by atoms with Crippen molar-refractivity contribution < 1.29 is 20.1 Å². The molecule has 5 saturated carbocycles. The van der Waals surface area contributed by atoms with Crippen molar-refractivity contribution in [3.63, 3.8) is 0 Å².